The Bertz CT molecular complexity index is 858. The molecule has 1 unspecified atom stereocenters. The summed E-state index contributed by atoms with van der Waals surface area (Å²) in [4.78, 5) is 13.7. The highest BCUT2D eigenvalue weighted by molar-refractivity contribution is 7.87. The van der Waals surface area contributed by atoms with Crippen molar-refractivity contribution < 1.29 is 17.8 Å². The maximum atomic E-state index is 11.7. The highest BCUT2D eigenvalue weighted by Gasteiger charge is 2.41. The Kier molecular flexibility index (Phi) is 7.69. The summed E-state index contributed by atoms with van der Waals surface area (Å²) in [6.07, 6.45) is 12.9. The summed E-state index contributed by atoms with van der Waals surface area (Å²) < 4.78 is 31.3. The second-order valence-electron chi connectivity index (χ2n) is 7.88. The molecule has 0 spiro atoms. The molecule has 2 fully saturated rings. The van der Waals surface area contributed by atoms with Crippen LogP contribution in [0.15, 0.2) is 54.6 Å². The molecule has 2 heterocycles. The Labute approximate surface area is 179 Å². The molecule has 164 valence electrons. The second kappa shape index (κ2) is 10.2. The molecule has 2 aliphatic heterocycles. The van der Waals surface area contributed by atoms with E-state index in [4.69, 9.17) is 0 Å². The molecule has 1 aromatic rings. The lowest BCUT2D eigenvalue weighted by Crippen LogP contribution is -2.49. The average molecular weight is 434 g/mol. The number of piperidine rings is 1. The number of likely N-dealkylation sites (tertiary alicyclic amines) is 1. The Morgan fingerprint density at radius 2 is 1.57 bits per heavy atom. The monoisotopic (exact) mass is 433 g/mol. The maximum absolute atomic E-state index is 11.7. The number of rotatable bonds is 3. The Hall–Kier alpha value is -2.16. The zero-order valence-corrected chi connectivity index (χ0v) is 18.1. The number of hydrogen-bond acceptors (Lipinski definition) is 4. The van der Waals surface area contributed by atoms with Gasteiger partial charge >= 0.3 is 6.03 Å². The molecular formula is C22H31N3O4S. The molecule has 0 bridgehead atoms. The van der Waals surface area contributed by atoms with Crippen molar-refractivity contribution in [3.8, 4) is 0 Å². The molecule has 30 heavy (non-hydrogen) atoms. The molecular weight excluding hydrogens is 402 g/mol. The van der Waals surface area contributed by atoms with Crippen LogP contribution in [-0.2, 0) is 14.9 Å². The summed E-state index contributed by atoms with van der Waals surface area (Å²) in [6, 6.07) is 8.84. The van der Waals surface area contributed by atoms with Crippen LogP contribution in [0.5, 0.6) is 0 Å². The van der Waals surface area contributed by atoms with Crippen LogP contribution in [0.1, 0.15) is 44.1 Å². The number of nitrogens with one attached hydrogen (secondary N) is 1. The second-order valence-corrected chi connectivity index (χ2v) is 9.56. The molecule has 8 heteroatoms. The van der Waals surface area contributed by atoms with Gasteiger partial charge in [0, 0.05) is 26.2 Å². The molecule has 2 N–H and O–H groups in total. The Morgan fingerprint density at radius 3 is 2.13 bits per heavy atom. The van der Waals surface area contributed by atoms with Crippen LogP contribution in [0.2, 0.25) is 0 Å². The minimum atomic E-state index is -4.18. The smallest absolute Gasteiger partial charge is 0.324 e. The third-order valence-electron chi connectivity index (χ3n) is 5.76. The number of amides is 2. The molecule has 3 aliphatic rings. The topological polar surface area (TPSA) is 90.0 Å². The summed E-state index contributed by atoms with van der Waals surface area (Å²) in [5.74, 6) is 0. The molecule has 0 radical (unpaired) electrons. The van der Waals surface area contributed by atoms with Gasteiger partial charge in [0.05, 0.1) is 0 Å². The van der Waals surface area contributed by atoms with Crippen LogP contribution in [0.25, 0.3) is 0 Å². The molecule has 4 rings (SSSR count). The quantitative estimate of drug-likeness (QED) is 0.713. The summed E-state index contributed by atoms with van der Waals surface area (Å²) in [5, 5.41) is 2.04. The maximum Gasteiger partial charge on any atom is 0.331 e. The van der Waals surface area contributed by atoms with Crippen molar-refractivity contribution in [3.63, 3.8) is 0 Å². The van der Waals surface area contributed by atoms with Gasteiger partial charge in [-0.2, -0.15) is 8.42 Å². The molecule has 1 aromatic carbocycles. The van der Waals surface area contributed by atoms with Gasteiger partial charge in [0.25, 0.3) is 10.1 Å². The van der Waals surface area contributed by atoms with Gasteiger partial charge in [-0.05, 0) is 44.1 Å². The lowest BCUT2D eigenvalue weighted by molar-refractivity contribution is 0.151. The largest absolute Gasteiger partial charge is 0.331 e. The Morgan fingerprint density at radius 1 is 0.933 bits per heavy atom. The number of carbonyl (C=O) groups is 1. The highest BCUT2D eigenvalue weighted by Crippen LogP contribution is 2.37. The van der Waals surface area contributed by atoms with Gasteiger partial charge in [-0.15, -0.1) is 0 Å². The lowest BCUT2D eigenvalue weighted by Gasteiger charge is -2.29. The number of nitrogens with zero attached hydrogens (tertiary/aromatic N) is 2. The van der Waals surface area contributed by atoms with Crippen molar-refractivity contribution in [2.75, 3.05) is 26.2 Å². The first-order valence-corrected chi connectivity index (χ1v) is 12.0. The molecule has 1 aliphatic carbocycles. The lowest BCUT2D eigenvalue weighted by atomic mass is 9.91. The van der Waals surface area contributed by atoms with Crippen molar-refractivity contribution in [1.82, 2.24) is 15.3 Å². The van der Waals surface area contributed by atoms with Gasteiger partial charge in [-0.1, -0.05) is 54.6 Å². The zero-order valence-electron chi connectivity index (χ0n) is 17.2. The number of carbonyl (C=O) groups excluding carboxylic acids is 1. The molecule has 0 saturated carbocycles. The molecule has 2 saturated heterocycles. The van der Waals surface area contributed by atoms with Crippen molar-refractivity contribution in [2.45, 2.75) is 43.3 Å². The summed E-state index contributed by atoms with van der Waals surface area (Å²) >= 11 is 0. The van der Waals surface area contributed by atoms with E-state index in [0.29, 0.717) is 5.56 Å². The summed E-state index contributed by atoms with van der Waals surface area (Å²) in [5.41, 5.74) is 3.55. The van der Waals surface area contributed by atoms with Crippen molar-refractivity contribution in [3.05, 3.63) is 60.2 Å². The highest BCUT2D eigenvalue weighted by atomic mass is 32.2. The molecule has 2 amide bonds. The van der Waals surface area contributed by atoms with E-state index < -0.39 is 14.9 Å². The fourth-order valence-corrected chi connectivity index (χ4v) is 5.00. The van der Waals surface area contributed by atoms with Gasteiger partial charge in [-0.3, -0.25) is 9.98 Å². The van der Waals surface area contributed by atoms with E-state index in [-0.39, 0.29) is 12.5 Å². The fraction of sp³-hybridized carbons (Fsp3) is 0.500. The third kappa shape index (κ3) is 5.50. The number of hydrazine groups is 1. The third-order valence-corrected chi connectivity index (χ3v) is 7.22. The van der Waals surface area contributed by atoms with Crippen LogP contribution < -0.4 is 5.43 Å². The van der Waals surface area contributed by atoms with E-state index in [1.54, 1.807) is 42.5 Å². The first kappa shape index (κ1) is 22.5. The van der Waals surface area contributed by atoms with Crippen LogP contribution in [0.4, 0.5) is 4.79 Å². The van der Waals surface area contributed by atoms with Gasteiger partial charge in [0.2, 0.25) is 0 Å². The molecule has 1 atom stereocenters. The first-order chi connectivity index (χ1) is 14.4. The van der Waals surface area contributed by atoms with Gasteiger partial charge < -0.3 is 4.90 Å². The first-order valence-electron chi connectivity index (χ1n) is 10.6. The van der Waals surface area contributed by atoms with Gasteiger partial charge in [0.15, 0.2) is 0 Å². The minimum Gasteiger partial charge on any atom is -0.324 e. The van der Waals surface area contributed by atoms with Crippen molar-refractivity contribution >= 4 is 16.1 Å². The normalized spacial score (nSPS) is 24.2. The standard InChI is InChI=1S/C12H12O3S.C10H19N3O/c13-16(14,15)12(9-5-2-6-10-12)11-7-3-1-4-8-11;14-10(11-13-8-4-5-9-13)12-6-2-1-3-7-12/h1-9H,10H2,(H,13,14,15);1-9H2,(H,11,14). The van der Waals surface area contributed by atoms with Gasteiger partial charge in [-0.25, -0.2) is 9.80 Å². The van der Waals surface area contributed by atoms with E-state index >= 15 is 0 Å². The number of hydrogen-bond donors (Lipinski definition) is 2. The zero-order chi connectivity index (χ0) is 21.5. The van der Waals surface area contributed by atoms with Crippen LogP contribution >= 0.6 is 0 Å². The van der Waals surface area contributed by atoms with Crippen molar-refractivity contribution in [1.29, 1.82) is 0 Å². The van der Waals surface area contributed by atoms with Crippen molar-refractivity contribution in [2.24, 2.45) is 0 Å². The van der Waals surface area contributed by atoms with E-state index in [1.165, 1.54) is 25.3 Å². The average Bonchev–Trinajstić information content (AvgIpc) is 3.28. The Balaban J connectivity index is 0.000000172. The summed E-state index contributed by atoms with van der Waals surface area (Å²) in [6.45, 7) is 3.89. The van der Waals surface area contributed by atoms with E-state index in [1.807, 2.05) is 16.0 Å². The van der Waals surface area contributed by atoms with Crippen LogP contribution in [0, 0.1) is 0 Å². The van der Waals surface area contributed by atoms with Crippen LogP contribution in [0.3, 0.4) is 0 Å². The minimum absolute atomic E-state index is 0.103. The molecule has 7 nitrogen and oxygen atoms in total. The van der Waals surface area contributed by atoms with E-state index in [9.17, 15) is 17.8 Å². The van der Waals surface area contributed by atoms with Gasteiger partial charge in [0.1, 0.15) is 4.75 Å². The van der Waals surface area contributed by atoms with Crippen LogP contribution in [-0.4, -0.2) is 55.1 Å². The fourth-order valence-electron chi connectivity index (χ4n) is 4.01. The van der Waals surface area contributed by atoms with E-state index in [2.05, 4.69) is 5.43 Å². The SMILES string of the molecule is O=C(NN1CCCC1)N1CCCCC1.O=S(=O)(O)C1(c2ccccc2)C=CC=CC1. The summed E-state index contributed by atoms with van der Waals surface area (Å²) in [7, 11) is -4.18. The molecule has 0 aromatic heterocycles. The van der Waals surface area contributed by atoms with E-state index in [0.717, 1.165) is 39.0 Å². The number of urea groups is 1. The predicted molar refractivity (Wildman–Crippen MR) is 117 cm³/mol. The number of allylic oxidation sites excluding steroid dienone is 3. The predicted octanol–water partition coefficient (Wildman–Crippen LogP) is 3.48. The number of benzene rings is 1.